The van der Waals surface area contributed by atoms with Crippen molar-refractivity contribution in [2.24, 2.45) is 0 Å². The molecule has 0 radical (unpaired) electrons. The summed E-state index contributed by atoms with van der Waals surface area (Å²) in [7, 11) is -3.40. The maximum absolute atomic E-state index is 11.9. The molecule has 1 aliphatic heterocycles. The molecule has 0 spiro atoms. The van der Waals surface area contributed by atoms with Crippen LogP contribution in [0.3, 0.4) is 0 Å². The minimum atomic E-state index is -3.40. The summed E-state index contributed by atoms with van der Waals surface area (Å²) in [4.78, 5) is 3.55. The van der Waals surface area contributed by atoms with Crippen LogP contribution >= 0.6 is 11.3 Å². The van der Waals surface area contributed by atoms with Crippen molar-refractivity contribution in [2.75, 3.05) is 26.3 Å². The Balaban J connectivity index is 2.07. The lowest BCUT2D eigenvalue weighted by atomic mass is 10.5. The molecule has 2 rings (SSSR count). The number of morpholine rings is 1. The predicted octanol–water partition coefficient (Wildman–Crippen LogP) is 0.582. The van der Waals surface area contributed by atoms with Gasteiger partial charge in [-0.25, -0.2) is 13.4 Å². The molecule has 2 heterocycles. The van der Waals surface area contributed by atoms with Crippen LogP contribution in [0, 0.1) is 6.92 Å². The van der Waals surface area contributed by atoms with E-state index in [2.05, 4.69) is 4.83 Å². The van der Waals surface area contributed by atoms with Crippen LogP contribution < -0.4 is 4.83 Å². The van der Waals surface area contributed by atoms with Gasteiger partial charge in [-0.1, -0.05) is 0 Å². The zero-order valence-electron chi connectivity index (χ0n) is 8.97. The number of thiophene rings is 1. The van der Waals surface area contributed by atoms with Crippen molar-refractivity contribution in [1.82, 2.24) is 9.84 Å². The van der Waals surface area contributed by atoms with Gasteiger partial charge in [0.25, 0.3) is 10.0 Å². The number of hydrogen-bond donors (Lipinski definition) is 1. The molecule has 5 nitrogen and oxygen atoms in total. The van der Waals surface area contributed by atoms with Gasteiger partial charge >= 0.3 is 0 Å². The molecule has 1 aromatic heterocycles. The van der Waals surface area contributed by atoms with Crippen LogP contribution in [0.1, 0.15) is 4.88 Å². The number of rotatable bonds is 3. The lowest BCUT2D eigenvalue weighted by Gasteiger charge is -2.26. The third-order valence-electron chi connectivity index (χ3n) is 2.24. The first-order valence-electron chi connectivity index (χ1n) is 4.99. The number of hydrogen-bond acceptors (Lipinski definition) is 5. The standard InChI is InChI=1S/C9H14N2O3S2/c1-8-2-3-9(15-8)16(12,13)10-11-4-6-14-7-5-11/h2-3,10H,4-7H2,1H3. The Morgan fingerprint density at radius 3 is 2.62 bits per heavy atom. The molecule has 1 aromatic rings. The maximum Gasteiger partial charge on any atom is 0.262 e. The molecule has 0 aliphatic carbocycles. The average Bonchev–Trinajstić information content (AvgIpc) is 2.66. The largest absolute Gasteiger partial charge is 0.379 e. The smallest absolute Gasteiger partial charge is 0.262 e. The molecule has 1 aliphatic rings. The summed E-state index contributed by atoms with van der Waals surface area (Å²) >= 11 is 1.27. The molecule has 1 N–H and O–H groups in total. The molecule has 16 heavy (non-hydrogen) atoms. The molecule has 0 unspecified atom stereocenters. The zero-order chi connectivity index (χ0) is 11.6. The topological polar surface area (TPSA) is 58.6 Å². The van der Waals surface area contributed by atoms with Crippen molar-refractivity contribution < 1.29 is 13.2 Å². The molecule has 0 saturated carbocycles. The van der Waals surface area contributed by atoms with Crippen LogP contribution in [0.5, 0.6) is 0 Å². The quantitative estimate of drug-likeness (QED) is 0.866. The van der Waals surface area contributed by atoms with E-state index in [1.807, 2.05) is 6.92 Å². The normalized spacial score (nSPS) is 18.8. The molecule has 0 amide bonds. The fourth-order valence-corrected chi connectivity index (χ4v) is 3.82. The van der Waals surface area contributed by atoms with E-state index < -0.39 is 10.0 Å². The van der Waals surface area contributed by atoms with Gasteiger partial charge in [0.1, 0.15) is 4.21 Å². The summed E-state index contributed by atoms with van der Waals surface area (Å²) in [6.07, 6.45) is 0. The minimum Gasteiger partial charge on any atom is -0.379 e. The van der Waals surface area contributed by atoms with E-state index in [9.17, 15) is 8.42 Å². The highest BCUT2D eigenvalue weighted by Crippen LogP contribution is 2.20. The minimum absolute atomic E-state index is 0.358. The highest BCUT2D eigenvalue weighted by molar-refractivity contribution is 7.91. The van der Waals surface area contributed by atoms with Gasteiger partial charge in [0.15, 0.2) is 0 Å². The van der Waals surface area contributed by atoms with Crippen LogP contribution in [-0.4, -0.2) is 39.7 Å². The van der Waals surface area contributed by atoms with E-state index in [-0.39, 0.29) is 0 Å². The van der Waals surface area contributed by atoms with Crippen molar-refractivity contribution >= 4 is 21.4 Å². The Bertz CT molecular complexity index is 449. The summed E-state index contributed by atoms with van der Waals surface area (Å²) in [5.41, 5.74) is 0. The molecule has 0 bridgehead atoms. The van der Waals surface area contributed by atoms with E-state index in [0.29, 0.717) is 30.5 Å². The molecule has 90 valence electrons. The number of nitrogens with zero attached hydrogens (tertiary/aromatic N) is 1. The van der Waals surface area contributed by atoms with E-state index in [4.69, 9.17) is 4.74 Å². The lowest BCUT2D eigenvalue weighted by molar-refractivity contribution is 0.0272. The van der Waals surface area contributed by atoms with Crippen molar-refractivity contribution in [1.29, 1.82) is 0 Å². The van der Waals surface area contributed by atoms with Gasteiger partial charge in [0.2, 0.25) is 0 Å². The summed E-state index contributed by atoms with van der Waals surface area (Å²) in [6.45, 7) is 4.18. The van der Waals surface area contributed by atoms with Crippen molar-refractivity contribution in [2.45, 2.75) is 11.1 Å². The Labute approximate surface area is 99.0 Å². The summed E-state index contributed by atoms with van der Waals surface area (Å²) in [6, 6.07) is 3.43. The van der Waals surface area contributed by atoms with Crippen LogP contribution in [-0.2, 0) is 14.8 Å². The van der Waals surface area contributed by atoms with E-state index in [1.54, 1.807) is 17.1 Å². The number of nitrogens with one attached hydrogen (secondary N) is 1. The second kappa shape index (κ2) is 4.80. The highest BCUT2D eigenvalue weighted by Gasteiger charge is 2.21. The fourth-order valence-electron chi connectivity index (χ4n) is 1.43. The number of sulfonamides is 1. The molecular weight excluding hydrogens is 248 g/mol. The number of ether oxygens (including phenoxy) is 1. The lowest BCUT2D eigenvalue weighted by Crippen LogP contribution is -2.48. The Hall–Kier alpha value is -0.470. The number of hydrazine groups is 1. The SMILES string of the molecule is Cc1ccc(S(=O)(=O)NN2CCOCC2)s1. The fraction of sp³-hybridized carbons (Fsp3) is 0.556. The molecule has 0 atom stereocenters. The average molecular weight is 262 g/mol. The number of aryl methyl sites for hydroxylation is 1. The molecular formula is C9H14N2O3S2. The van der Waals surface area contributed by atoms with Gasteiger partial charge in [0, 0.05) is 18.0 Å². The van der Waals surface area contributed by atoms with Crippen LogP contribution in [0.25, 0.3) is 0 Å². The van der Waals surface area contributed by atoms with Gasteiger partial charge in [-0.3, -0.25) is 0 Å². The Morgan fingerprint density at radius 2 is 2.06 bits per heavy atom. The van der Waals surface area contributed by atoms with Gasteiger partial charge < -0.3 is 4.74 Å². The van der Waals surface area contributed by atoms with Crippen molar-refractivity contribution in [3.05, 3.63) is 17.0 Å². The second-order valence-electron chi connectivity index (χ2n) is 3.56. The third kappa shape index (κ3) is 2.80. The summed E-state index contributed by atoms with van der Waals surface area (Å²) in [5.74, 6) is 0. The van der Waals surface area contributed by atoms with Crippen LogP contribution in [0.15, 0.2) is 16.3 Å². The Kier molecular flexibility index (Phi) is 3.60. The van der Waals surface area contributed by atoms with Gasteiger partial charge in [0.05, 0.1) is 13.2 Å². The first-order valence-corrected chi connectivity index (χ1v) is 7.29. The molecule has 1 saturated heterocycles. The van der Waals surface area contributed by atoms with Crippen molar-refractivity contribution in [3.8, 4) is 0 Å². The third-order valence-corrected chi connectivity index (χ3v) is 5.11. The maximum atomic E-state index is 11.9. The van der Waals surface area contributed by atoms with Crippen LogP contribution in [0.2, 0.25) is 0 Å². The first-order chi connectivity index (χ1) is 7.58. The predicted molar refractivity (Wildman–Crippen MR) is 61.8 cm³/mol. The zero-order valence-corrected chi connectivity index (χ0v) is 10.6. The van der Waals surface area contributed by atoms with Gasteiger partial charge in [-0.15, -0.1) is 16.2 Å². The van der Waals surface area contributed by atoms with Gasteiger partial charge in [-0.05, 0) is 19.1 Å². The summed E-state index contributed by atoms with van der Waals surface area (Å²) < 4.78 is 29.4. The van der Waals surface area contributed by atoms with E-state index >= 15 is 0 Å². The molecule has 0 aromatic carbocycles. The molecule has 7 heteroatoms. The highest BCUT2D eigenvalue weighted by atomic mass is 32.2. The summed E-state index contributed by atoms with van der Waals surface area (Å²) in [5, 5.41) is 1.67. The molecule has 1 fully saturated rings. The Morgan fingerprint density at radius 1 is 1.38 bits per heavy atom. The van der Waals surface area contributed by atoms with Crippen molar-refractivity contribution in [3.63, 3.8) is 0 Å². The van der Waals surface area contributed by atoms with E-state index in [0.717, 1.165) is 4.88 Å². The van der Waals surface area contributed by atoms with Crippen LogP contribution in [0.4, 0.5) is 0 Å². The first kappa shape index (κ1) is 12.0. The monoisotopic (exact) mass is 262 g/mol. The van der Waals surface area contributed by atoms with E-state index in [1.165, 1.54) is 11.3 Å². The van der Waals surface area contributed by atoms with Gasteiger partial charge in [-0.2, -0.15) is 0 Å². The second-order valence-corrected chi connectivity index (χ2v) is 6.73.